The average Bonchev–Trinajstić information content (AvgIpc) is 2.76. The van der Waals surface area contributed by atoms with Crippen molar-refractivity contribution < 1.29 is 14.7 Å². The average molecular weight is 348 g/mol. The Hall–Kier alpha value is -1.81. The molecule has 2 rings (SSSR count). The quantitative estimate of drug-likeness (QED) is 0.346. The molecule has 3 atom stereocenters. The number of hydrogen-bond donors (Lipinski definition) is 2. The van der Waals surface area contributed by atoms with E-state index in [1.807, 2.05) is 0 Å². The van der Waals surface area contributed by atoms with Gasteiger partial charge in [0.25, 0.3) is 5.56 Å². The van der Waals surface area contributed by atoms with E-state index in [-0.39, 0.29) is 17.5 Å². The molecule has 1 saturated heterocycles. The van der Waals surface area contributed by atoms with E-state index in [2.05, 4.69) is 35.9 Å². The van der Waals surface area contributed by atoms with Crippen LogP contribution in [-0.4, -0.2) is 33.5 Å². The summed E-state index contributed by atoms with van der Waals surface area (Å²) in [5.74, 6) is 0. The topological polar surface area (TPSA) is 142 Å². The minimum Gasteiger partial charge on any atom is -0.431 e. The van der Waals surface area contributed by atoms with Gasteiger partial charge in [0.05, 0.1) is 10.6 Å². The number of hydrogen-bond acceptors (Lipinski definition) is 6. The van der Waals surface area contributed by atoms with Crippen LogP contribution in [0.15, 0.2) is 25.5 Å². The lowest BCUT2D eigenvalue weighted by atomic mass is 10.2. The van der Waals surface area contributed by atoms with Gasteiger partial charge < -0.3 is 14.7 Å². The van der Waals surface area contributed by atoms with Crippen molar-refractivity contribution in [1.29, 1.82) is 0 Å². The smallest absolute Gasteiger partial charge is 0.330 e. The lowest BCUT2D eigenvalue weighted by Gasteiger charge is -2.15. The van der Waals surface area contributed by atoms with Crippen LogP contribution in [0.1, 0.15) is 12.6 Å². The molecule has 20 heavy (non-hydrogen) atoms. The summed E-state index contributed by atoms with van der Waals surface area (Å²) < 4.78 is 6.77. The first-order valence-corrected chi connectivity index (χ1v) is 6.33. The molecule has 1 unspecified atom stereocenters. The minimum atomic E-state index is -0.883. The van der Waals surface area contributed by atoms with Crippen LogP contribution in [0.3, 0.4) is 0 Å². The van der Waals surface area contributed by atoms with Crippen molar-refractivity contribution in [2.45, 2.75) is 24.9 Å². The molecule has 0 amide bonds. The Bertz CT molecular complexity index is 651. The Morgan fingerprint density at radius 3 is 3.15 bits per heavy atom. The van der Waals surface area contributed by atoms with E-state index in [4.69, 9.17) is 10.3 Å². The fourth-order valence-electron chi connectivity index (χ4n) is 1.84. The van der Waals surface area contributed by atoms with Crippen molar-refractivity contribution in [2.75, 3.05) is 6.61 Å². The molecule has 1 aromatic heterocycles. The molecule has 1 aliphatic rings. The summed E-state index contributed by atoms with van der Waals surface area (Å²) in [5.41, 5.74) is 6.88. The standard InChI is InChI=1S/C9H10BrN5O5/c10-4-2-15(9(18)12-8(4)17)7-1-5(16)6(20-7)3-19-14-13-11/h2,5-7,16H,1,3H2,(H,12,17,18)/t5?,6-,7-/m0/s1. The third-order valence-electron chi connectivity index (χ3n) is 2.77. The summed E-state index contributed by atoms with van der Waals surface area (Å²) in [6, 6.07) is 0. The van der Waals surface area contributed by atoms with E-state index in [1.54, 1.807) is 0 Å². The molecule has 2 heterocycles. The highest BCUT2D eigenvalue weighted by Gasteiger charge is 2.36. The van der Waals surface area contributed by atoms with Gasteiger partial charge in [-0.2, -0.15) is 0 Å². The zero-order valence-corrected chi connectivity index (χ0v) is 11.6. The molecule has 108 valence electrons. The first-order valence-electron chi connectivity index (χ1n) is 5.53. The molecular weight excluding hydrogens is 338 g/mol. The Kier molecular flexibility index (Phi) is 4.45. The Labute approximate surface area is 119 Å². The number of ether oxygens (including phenoxy) is 1. The Morgan fingerprint density at radius 1 is 1.70 bits per heavy atom. The Morgan fingerprint density at radius 2 is 2.45 bits per heavy atom. The van der Waals surface area contributed by atoms with Crippen LogP contribution < -0.4 is 11.2 Å². The third-order valence-corrected chi connectivity index (χ3v) is 3.34. The van der Waals surface area contributed by atoms with Crippen LogP contribution in [0.25, 0.3) is 10.4 Å². The van der Waals surface area contributed by atoms with Gasteiger partial charge in [0, 0.05) is 17.5 Å². The number of halogens is 1. The zero-order chi connectivity index (χ0) is 14.7. The second kappa shape index (κ2) is 6.09. The molecule has 0 saturated carbocycles. The maximum absolute atomic E-state index is 11.7. The summed E-state index contributed by atoms with van der Waals surface area (Å²) in [6.45, 7) is -0.138. The number of azide groups is 1. The number of nitrogens with one attached hydrogen (secondary N) is 1. The van der Waals surface area contributed by atoms with Crippen molar-refractivity contribution in [3.63, 3.8) is 0 Å². The molecule has 11 heteroatoms. The van der Waals surface area contributed by atoms with E-state index in [1.165, 1.54) is 6.20 Å². The number of rotatable bonds is 4. The molecular formula is C9H10BrN5O5. The van der Waals surface area contributed by atoms with E-state index in [0.29, 0.717) is 0 Å². The number of H-pyrrole nitrogens is 1. The molecule has 2 N–H and O–H groups in total. The SMILES string of the molecule is [N-]=[N+]=NOC[C@@H]1O[C@H](n2cc(Br)c(=O)[nH]c2=O)CC1O. The molecule has 0 bridgehead atoms. The predicted molar refractivity (Wildman–Crippen MR) is 68.7 cm³/mol. The lowest BCUT2D eigenvalue weighted by molar-refractivity contribution is -0.0638. The largest absolute Gasteiger partial charge is 0.431 e. The first-order chi connectivity index (χ1) is 9.52. The number of aromatic amines is 1. The molecule has 1 fully saturated rings. The van der Waals surface area contributed by atoms with Gasteiger partial charge in [0.2, 0.25) is 0 Å². The molecule has 1 aromatic rings. The van der Waals surface area contributed by atoms with E-state index < -0.39 is 29.7 Å². The van der Waals surface area contributed by atoms with Crippen molar-refractivity contribution in [3.05, 3.63) is 42.0 Å². The highest BCUT2D eigenvalue weighted by atomic mass is 79.9. The number of nitrogens with zero attached hydrogens (tertiary/aromatic N) is 4. The van der Waals surface area contributed by atoms with Crippen LogP contribution in [0.2, 0.25) is 0 Å². The molecule has 0 aromatic carbocycles. The van der Waals surface area contributed by atoms with Gasteiger partial charge in [-0.1, -0.05) is 0 Å². The lowest BCUT2D eigenvalue weighted by Crippen LogP contribution is -2.32. The number of aliphatic hydroxyl groups excluding tert-OH is 1. The summed E-state index contributed by atoms with van der Waals surface area (Å²) in [5, 5.41) is 12.7. The van der Waals surface area contributed by atoms with E-state index in [0.717, 1.165) is 4.57 Å². The van der Waals surface area contributed by atoms with Crippen molar-refractivity contribution in [3.8, 4) is 0 Å². The highest BCUT2D eigenvalue weighted by Crippen LogP contribution is 2.28. The van der Waals surface area contributed by atoms with Crippen molar-refractivity contribution >= 4 is 15.9 Å². The van der Waals surface area contributed by atoms with Gasteiger partial charge in [-0.05, 0) is 21.5 Å². The second-order valence-corrected chi connectivity index (χ2v) is 4.90. The summed E-state index contributed by atoms with van der Waals surface area (Å²) in [4.78, 5) is 32.0. The van der Waals surface area contributed by atoms with Crippen molar-refractivity contribution in [2.24, 2.45) is 5.28 Å². The van der Waals surface area contributed by atoms with Crippen LogP contribution in [0.4, 0.5) is 0 Å². The summed E-state index contributed by atoms with van der Waals surface area (Å²) >= 11 is 3.01. The zero-order valence-electron chi connectivity index (χ0n) is 9.97. The second-order valence-electron chi connectivity index (χ2n) is 4.04. The van der Waals surface area contributed by atoms with Gasteiger partial charge in [-0.3, -0.25) is 14.3 Å². The first kappa shape index (κ1) is 14.6. The van der Waals surface area contributed by atoms with E-state index >= 15 is 0 Å². The van der Waals surface area contributed by atoms with Crippen LogP contribution >= 0.6 is 15.9 Å². The maximum atomic E-state index is 11.7. The molecule has 0 spiro atoms. The predicted octanol–water partition coefficient (Wildman–Crippen LogP) is 0.189. The van der Waals surface area contributed by atoms with Crippen LogP contribution in [0.5, 0.6) is 0 Å². The number of aliphatic hydroxyl groups is 1. The third kappa shape index (κ3) is 3.02. The molecule has 1 aliphatic heterocycles. The molecule has 0 aliphatic carbocycles. The van der Waals surface area contributed by atoms with Gasteiger partial charge in [0.1, 0.15) is 24.2 Å². The minimum absolute atomic E-state index is 0.138. The fraction of sp³-hybridized carbons (Fsp3) is 0.556. The molecule has 10 nitrogen and oxygen atoms in total. The van der Waals surface area contributed by atoms with Crippen LogP contribution in [0, 0.1) is 0 Å². The fourth-order valence-corrected chi connectivity index (χ4v) is 2.16. The van der Waals surface area contributed by atoms with Gasteiger partial charge in [-0.15, -0.1) is 0 Å². The Balaban J connectivity index is 2.16. The summed E-state index contributed by atoms with van der Waals surface area (Å²) in [6.07, 6.45) is -0.933. The highest BCUT2D eigenvalue weighted by molar-refractivity contribution is 9.10. The van der Waals surface area contributed by atoms with E-state index in [9.17, 15) is 14.7 Å². The molecule has 0 radical (unpaired) electrons. The normalized spacial score (nSPS) is 25.2. The van der Waals surface area contributed by atoms with Gasteiger partial charge in [-0.25, -0.2) is 4.79 Å². The van der Waals surface area contributed by atoms with Crippen molar-refractivity contribution in [1.82, 2.24) is 9.55 Å². The van der Waals surface area contributed by atoms with Gasteiger partial charge >= 0.3 is 5.69 Å². The number of aromatic nitrogens is 2. The monoisotopic (exact) mass is 347 g/mol. The summed E-state index contributed by atoms with van der Waals surface area (Å²) in [7, 11) is 0. The van der Waals surface area contributed by atoms with Crippen LogP contribution in [-0.2, 0) is 9.57 Å². The maximum Gasteiger partial charge on any atom is 0.330 e. The van der Waals surface area contributed by atoms with Gasteiger partial charge in [0.15, 0.2) is 0 Å².